The Morgan fingerprint density at radius 1 is 1.56 bits per heavy atom. The van der Waals surface area contributed by atoms with Crippen LogP contribution >= 0.6 is 22.9 Å². The zero-order chi connectivity index (χ0) is 13.8. The van der Waals surface area contributed by atoms with E-state index in [1.807, 2.05) is 0 Å². The van der Waals surface area contributed by atoms with Crippen molar-refractivity contribution in [2.45, 2.75) is 13.8 Å². The van der Waals surface area contributed by atoms with Crippen molar-refractivity contribution in [3.05, 3.63) is 16.5 Å². The summed E-state index contributed by atoms with van der Waals surface area (Å²) < 4.78 is 30.4. The van der Waals surface area contributed by atoms with Gasteiger partial charge in [-0.2, -0.15) is 0 Å². The van der Waals surface area contributed by atoms with Gasteiger partial charge < -0.3 is 4.74 Å². The monoisotopic (exact) mass is 311 g/mol. The molecule has 0 unspecified atom stereocenters. The number of sulfonamides is 1. The molecule has 1 heterocycles. The third kappa shape index (κ3) is 4.15. The zero-order valence-corrected chi connectivity index (χ0v) is 12.4. The van der Waals surface area contributed by atoms with E-state index in [1.54, 1.807) is 19.9 Å². The lowest BCUT2D eigenvalue weighted by atomic mass is 10.3. The Morgan fingerprint density at radius 3 is 2.78 bits per heavy atom. The predicted molar refractivity (Wildman–Crippen MR) is 73.1 cm³/mol. The van der Waals surface area contributed by atoms with E-state index in [4.69, 9.17) is 16.3 Å². The van der Waals surface area contributed by atoms with Gasteiger partial charge >= 0.3 is 5.97 Å². The minimum absolute atomic E-state index is 0.00553. The van der Waals surface area contributed by atoms with Crippen LogP contribution in [0, 0.1) is 6.92 Å². The zero-order valence-electron chi connectivity index (χ0n) is 10.0. The summed E-state index contributed by atoms with van der Waals surface area (Å²) in [5, 5.41) is 0.274. The summed E-state index contributed by atoms with van der Waals surface area (Å²) in [5.74, 6) is -0.743. The number of nitrogens with one attached hydrogen (secondary N) is 1. The lowest BCUT2D eigenvalue weighted by molar-refractivity contribution is 0.0528. The molecule has 1 aromatic heterocycles. The van der Waals surface area contributed by atoms with E-state index in [1.165, 1.54) is 11.3 Å². The van der Waals surface area contributed by atoms with Crippen molar-refractivity contribution in [2.24, 2.45) is 0 Å². The fourth-order valence-corrected chi connectivity index (χ4v) is 3.85. The maximum Gasteiger partial charge on any atom is 0.341 e. The van der Waals surface area contributed by atoms with Gasteiger partial charge in [0.2, 0.25) is 10.0 Å². The van der Waals surface area contributed by atoms with Crippen molar-refractivity contribution in [2.75, 3.05) is 23.0 Å². The minimum Gasteiger partial charge on any atom is -0.462 e. The van der Waals surface area contributed by atoms with E-state index in [0.29, 0.717) is 0 Å². The molecule has 0 aliphatic carbocycles. The van der Waals surface area contributed by atoms with E-state index in [-0.39, 0.29) is 28.8 Å². The second-order valence-electron chi connectivity index (χ2n) is 3.43. The molecule has 8 heteroatoms. The molecule has 0 spiro atoms. The maximum absolute atomic E-state index is 11.6. The summed E-state index contributed by atoms with van der Waals surface area (Å²) >= 11 is 6.59. The van der Waals surface area contributed by atoms with Gasteiger partial charge in [0, 0.05) is 10.8 Å². The normalized spacial score (nSPS) is 11.3. The number of aryl methyl sites for hydroxylation is 1. The number of ether oxygens (including phenoxy) is 1. The number of rotatable bonds is 6. The number of carbonyl (C=O) groups is 1. The average Bonchev–Trinajstić information content (AvgIpc) is 2.58. The fourth-order valence-electron chi connectivity index (χ4n) is 1.24. The molecule has 1 aromatic rings. The molecule has 1 rings (SSSR count). The van der Waals surface area contributed by atoms with E-state index >= 15 is 0 Å². The summed E-state index contributed by atoms with van der Waals surface area (Å²) in [4.78, 5) is 12.5. The molecule has 0 radical (unpaired) electrons. The first-order valence-corrected chi connectivity index (χ1v) is 8.24. The van der Waals surface area contributed by atoms with Crippen LogP contribution in [0.25, 0.3) is 0 Å². The second kappa shape index (κ2) is 6.40. The van der Waals surface area contributed by atoms with Gasteiger partial charge in [0.15, 0.2) is 0 Å². The summed E-state index contributed by atoms with van der Waals surface area (Å²) in [6.45, 7) is 3.71. The SMILES string of the molecule is CCOC(=O)c1cc(C)sc1NS(=O)(=O)CCCl. The lowest BCUT2D eigenvalue weighted by Crippen LogP contribution is -2.18. The van der Waals surface area contributed by atoms with E-state index in [0.717, 1.165) is 4.88 Å². The molecule has 5 nitrogen and oxygen atoms in total. The molecule has 0 bridgehead atoms. The van der Waals surface area contributed by atoms with Gasteiger partial charge in [-0.1, -0.05) is 0 Å². The summed E-state index contributed by atoms with van der Waals surface area (Å²) in [5.41, 5.74) is 0.234. The Kier molecular flexibility index (Phi) is 5.43. The molecule has 0 amide bonds. The van der Waals surface area contributed by atoms with Crippen LogP contribution in [-0.2, 0) is 14.8 Å². The summed E-state index contributed by atoms with van der Waals surface area (Å²) in [6, 6.07) is 1.60. The van der Waals surface area contributed by atoms with Crippen molar-refractivity contribution in [1.29, 1.82) is 0 Å². The van der Waals surface area contributed by atoms with Gasteiger partial charge in [-0.3, -0.25) is 4.72 Å². The number of anilines is 1. The number of thiophene rings is 1. The van der Waals surface area contributed by atoms with Crippen LogP contribution in [0.2, 0.25) is 0 Å². The number of alkyl halides is 1. The molecule has 0 aromatic carbocycles. The van der Waals surface area contributed by atoms with Gasteiger partial charge in [0.05, 0.1) is 17.9 Å². The summed E-state index contributed by atoms with van der Waals surface area (Å²) in [6.07, 6.45) is 0. The quantitative estimate of drug-likeness (QED) is 0.646. The highest BCUT2D eigenvalue weighted by Gasteiger charge is 2.20. The average molecular weight is 312 g/mol. The molecule has 0 aliphatic heterocycles. The Labute approximate surface area is 115 Å². The second-order valence-corrected chi connectivity index (χ2v) is 6.91. The molecule has 0 aliphatic rings. The van der Waals surface area contributed by atoms with E-state index < -0.39 is 16.0 Å². The van der Waals surface area contributed by atoms with Crippen LogP contribution in [-0.4, -0.2) is 32.6 Å². The molecule has 18 heavy (non-hydrogen) atoms. The van der Waals surface area contributed by atoms with E-state index in [2.05, 4.69) is 4.72 Å². The third-order valence-corrected chi connectivity index (χ3v) is 4.71. The summed E-state index contributed by atoms with van der Waals surface area (Å²) in [7, 11) is -3.52. The molecule has 0 saturated heterocycles. The minimum atomic E-state index is -3.52. The smallest absolute Gasteiger partial charge is 0.341 e. The lowest BCUT2D eigenvalue weighted by Gasteiger charge is -2.06. The fraction of sp³-hybridized carbons (Fsp3) is 0.500. The molecule has 0 atom stereocenters. The van der Waals surface area contributed by atoms with Gasteiger partial charge in [0.25, 0.3) is 0 Å². The number of hydrogen-bond donors (Lipinski definition) is 1. The number of halogens is 1. The molecule has 1 N–H and O–H groups in total. The maximum atomic E-state index is 11.6. The van der Waals surface area contributed by atoms with Crippen LogP contribution in [0.3, 0.4) is 0 Å². The van der Waals surface area contributed by atoms with Crippen LogP contribution in [0.4, 0.5) is 5.00 Å². The highest BCUT2D eigenvalue weighted by molar-refractivity contribution is 7.93. The predicted octanol–water partition coefficient (Wildman–Crippen LogP) is 2.21. The highest BCUT2D eigenvalue weighted by atomic mass is 35.5. The third-order valence-electron chi connectivity index (χ3n) is 1.94. The first-order valence-electron chi connectivity index (χ1n) is 5.23. The molecule has 102 valence electrons. The molecular weight excluding hydrogens is 298 g/mol. The molecule has 0 fully saturated rings. The Hall–Kier alpha value is -0.790. The van der Waals surface area contributed by atoms with Crippen molar-refractivity contribution < 1.29 is 17.9 Å². The first kappa shape index (κ1) is 15.3. The standard InChI is InChI=1S/C10H14ClNO4S2/c1-3-16-10(13)8-6-7(2)17-9(8)12-18(14,15)5-4-11/h6,12H,3-5H2,1-2H3. The highest BCUT2D eigenvalue weighted by Crippen LogP contribution is 2.29. The number of carbonyl (C=O) groups excluding carboxylic acids is 1. The van der Waals surface area contributed by atoms with Crippen molar-refractivity contribution in [3.63, 3.8) is 0 Å². The van der Waals surface area contributed by atoms with Crippen LogP contribution in [0.1, 0.15) is 22.2 Å². The van der Waals surface area contributed by atoms with Gasteiger partial charge in [-0.25, -0.2) is 13.2 Å². The van der Waals surface area contributed by atoms with Crippen molar-refractivity contribution in [1.82, 2.24) is 0 Å². The largest absolute Gasteiger partial charge is 0.462 e. The number of hydrogen-bond acceptors (Lipinski definition) is 5. The first-order chi connectivity index (χ1) is 8.39. The van der Waals surface area contributed by atoms with Gasteiger partial charge in [-0.05, 0) is 19.9 Å². The Balaban J connectivity index is 2.99. The number of esters is 1. The molecular formula is C10H14ClNO4S2. The van der Waals surface area contributed by atoms with Crippen LogP contribution in [0.5, 0.6) is 0 Å². The van der Waals surface area contributed by atoms with Gasteiger partial charge in [-0.15, -0.1) is 22.9 Å². The topological polar surface area (TPSA) is 72.5 Å². The van der Waals surface area contributed by atoms with Crippen molar-refractivity contribution >= 4 is 43.9 Å². The molecule has 0 saturated carbocycles. The Morgan fingerprint density at radius 2 is 2.22 bits per heavy atom. The van der Waals surface area contributed by atoms with Gasteiger partial charge in [0.1, 0.15) is 5.00 Å². The van der Waals surface area contributed by atoms with Crippen molar-refractivity contribution in [3.8, 4) is 0 Å². The van der Waals surface area contributed by atoms with Crippen LogP contribution < -0.4 is 4.72 Å². The van der Waals surface area contributed by atoms with Crippen LogP contribution in [0.15, 0.2) is 6.07 Å². The Bertz CT molecular complexity index is 524. The van der Waals surface area contributed by atoms with E-state index in [9.17, 15) is 13.2 Å².